The molecule has 0 aliphatic rings. The largest absolute Gasteiger partial charge is 0.449 e. The van der Waals surface area contributed by atoms with Crippen molar-refractivity contribution in [3.05, 3.63) is 64.2 Å². The summed E-state index contributed by atoms with van der Waals surface area (Å²) >= 11 is 5.96. The first-order chi connectivity index (χ1) is 11.3. The molecular formula is C17H14ClF2NO3. The van der Waals surface area contributed by atoms with Gasteiger partial charge in [-0.3, -0.25) is 4.79 Å². The van der Waals surface area contributed by atoms with Crippen molar-refractivity contribution in [2.24, 2.45) is 0 Å². The maximum absolute atomic E-state index is 13.1. The van der Waals surface area contributed by atoms with Crippen LogP contribution in [0, 0.1) is 18.6 Å². The van der Waals surface area contributed by atoms with Crippen LogP contribution >= 0.6 is 11.6 Å². The van der Waals surface area contributed by atoms with Gasteiger partial charge in [0.05, 0.1) is 5.56 Å². The molecule has 2 rings (SSSR count). The number of anilines is 1. The second kappa shape index (κ2) is 7.40. The number of esters is 1. The van der Waals surface area contributed by atoms with Crippen molar-refractivity contribution in [3.8, 4) is 0 Å². The highest BCUT2D eigenvalue weighted by Crippen LogP contribution is 2.23. The second-order valence-corrected chi connectivity index (χ2v) is 5.51. The minimum Gasteiger partial charge on any atom is -0.449 e. The number of amides is 1. The summed E-state index contributed by atoms with van der Waals surface area (Å²) in [6, 6.07) is 7.28. The fourth-order valence-electron chi connectivity index (χ4n) is 1.93. The Balaban J connectivity index is 2.05. The lowest BCUT2D eigenvalue weighted by molar-refractivity contribution is -0.123. The average molecular weight is 354 g/mol. The van der Waals surface area contributed by atoms with E-state index in [1.807, 2.05) is 0 Å². The lowest BCUT2D eigenvalue weighted by Gasteiger charge is -2.15. The molecule has 1 N–H and O–H groups in total. The van der Waals surface area contributed by atoms with Gasteiger partial charge in [0.1, 0.15) is 11.6 Å². The van der Waals surface area contributed by atoms with E-state index in [4.69, 9.17) is 16.3 Å². The third kappa shape index (κ3) is 4.29. The highest BCUT2D eigenvalue weighted by atomic mass is 35.5. The predicted octanol–water partition coefficient (Wildman–Crippen LogP) is 4.11. The number of hydrogen-bond acceptors (Lipinski definition) is 3. The van der Waals surface area contributed by atoms with E-state index in [0.717, 1.165) is 12.1 Å². The Bertz CT molecular complexity index is 775. The number of hydrogen-bond donors (Lipinski definition) is 1. The first-order valence-corrected chi connectivity index (χ1v) is 7.39. The molecule has 2 aromatic rings. The van der Waals surface area contributed by atoms with Crippen LogP contribution in [0.2, 0.25) is 5.02 Å². The Hall–Kier alpha value is -2.47. The van der Waals surface area contributed by atoms with Crippen molar-refractivity contribution in [2.75, 3.05) is 5.32 Å². The molecule has 1 atom stereocenters. The van der Waals surface area contributed by atoms with E-state index < -0.39 is 29.6 Å². The molecule has 0 aliphatic carbocycles. The number of rotatable bonds is 4. The molecule has 0 saturated carbocycles. The van der Waals surface area contributed by atoms with Gasteiger partial charge in [-0.15, -0.1) is 0 Å². The summed E-state index contributed by atoms with van der Waals surface area (Å²) in [4.78, 5) is 24.0. The van der Waals surface area contributed by atoms with Gasteiger partial charge in [0, 0.05) is 16.8 Å². The molecule has 126 valence electrons. The van der Waals surface area contributed by atoms with E-state index in [-0.39, 0.29) is 5.56 Å². The fraction of sp³-hybridized carbons (Fsp3) is 0.176. The third-order valence-corrected chi connectivity index (χ3v) is 3.69. The third-order valence-electron chi connectivity index (χ3n) is 3.28. The maximum Gasteiger partial charge on any atom is 0.339 e. The summed E-state index contributed by atoms with van der Waals surface area (Å²) in [6.45, 7) is 3.08. The van der Waals surface area contributed by atoms with Crippen molar-refractivity contribution in [2.45, 2.75) is 20.0 Å². The number of benzene rings is 2. The fourth-order valence-corrected chi connectivity index (χ4v) is 2.11. The predicted molar refractivity (Wildman–Crippen MR) is 86.1 cm³/mol. The lowest BCUT2D eigenvalue weighted by atomic mass is 10.2. The van der Waals surface area contributed by atoms with E-state index in [1.54, 1.807) is 25.1 Å². The molecule has 0 radical (unpaired) electrons. The molecule has 0 spiro atoms. The van der Waals surface area contributed by atoms with Crippen LogP contribution in [0.25, 0.3) is 0 Å². The summed E-state index contributed by atoms with van der Waals surface area (Å²) in [5.41, 5.74) is 0.830. The van der Waals surface area contributed by atoms with E-state index in [9.17, 15) is 18.4 Å². The van der Waals surface area contributed by atoms with E-state index >= 15 is 0 Å². The number of halogens is 3. The van der Waals surface area contributed by atoms with Crippen LogP contribution in [0.3, 0.4) is 0 Å². The number of nitrogens with one attached hydrogen (secondary N) is 1. The van der Waals surface area contributed by atoms with Gasteiger partial charge < -0.3 is 10.1 Å². The summed E-state index contributed by atoms with van der Waals surface area (Å²) < 4.78 is 31.2. The molecule has 0 aliphatic heterocycles. The normalized spacial score (nSPS) is 11.7. The van der Waals surface area contributed by atoms with Gasteiger partial charge in [-0.05, 0) is 43.7 Å². The van der Waals surface area contributed by atoms with Crippen LogP contribution in [0.15, 0.2) is 36.4 Å². The number of carbonyl (C=O) groups excluding carboxylic acids is 2. The van der Waals surface area contributed by atoms with Crippen molar-refractivity contribution in [1.82, 2.24) is 0 Å². The quantitative estimate of drug-likeness (QED) is 0.841. The van der Waals surface area contributed by atoms with Crippen LogP contribution in [0.5, 0.6) is 0 Å². The van der Waals surface area contributed by atoms with E-state index in [2.05, 4.69) is 5.32 Å². The van der Waals surface area contributed by atoms with Crippen LogP contribution in [-0.2, 0) is 9.53 Å². The summed E-state index contributed by atoms with van der Waals surface area (Å²) in [5.74, 6) is -3.41. The zero-order chi connectivity index (χ0) is 17.9. The molecule has 1 amide bonds. The topological polar surface area (TPSA) is 55.4 Å². The number of carbonyl (C=O) groups is 2. The Morgan fingerprint density at radius 2 is 1.79 bits per heavy atom. The Labute approximate surface area is 142 Å². The highest BCUT2D eigenvalue weighted by molar-refractivity contribution is 6.31. The van der Waals surface area contributed by atoms with Crippen LogP contribution in [0.1, 0.15) is 22.8 Å². The van der Waals surface area contributed by atoms with E-state index in [0.29, 0.717) is 22.3 Å². The molecule has 0 unspecified atom stereocenters. The molecule has 0 saturated heterocycles. The van der Waals surface area contributed by atoms with Gasteiger partial charge in [0.25, 0.3) is 5.91 Å². The molecule has 7 heteroatoms. The molecule has 2 aromatic carbocycles. The van der Waals surface area contributed by atoms with Gasteiger partial charge in [0.15, 0.2) is 6.10 Å². The molecule has 0 fully saturated rings. The average Bonchev–Trinajstić information content (AvgIpc) is 2.50. The van der Waals surface area contributed by atoms with Crippen molar-refractivity contribution >= 4 is 29.2 Å². The summed E-state index contributed by atoms with van der Waals surface area (Å²) in [6.07, 6.45) is -1.16. The second-order valence-electron chi connectivity index (χ2n) is 5.11. The maximum atomic E-state index is 13.1. The molecular weight excluding hydrogens is 340 g/mol. The van der Waals surface area contributed by atoms with Crippen molar-refractivity contribution in [3.63, 3.8) is 0 Å². The molecule has 4 nitrogen and oxygen atoms in total. The minimum absolute atomic E-state index is 0.314. The zero-order valence-electron chi connectivity index (χ0n) is 12.9. The van der Waals surface area contributed by atoms with Crippen molar-refractivity contribution < 1.29 is 23.1 Å². The Morgan fingerprint density at radius 1 is 1.17 bits per heavy atom. The van der Waals surface area contributed by atoms with Crippen LogP contribution < -0.4 is 5.32 Å². The Kier molecular flexibility index (Phi) is 5.51. The van der Waals surface area contributed by atoms with Crippen molar-refractivity contribution in [1.29, 1.82) is 0 Å². The number of ether oxygens (including phenoxy) is 1. The zero-order valence-corrected chi connectivity index (χ0v) is 13.7. The standard InChI is InChI=1S/C17H14ClF2NO3/c1-9-14(18)4-3-5-15(9)21-16(22)10(2)24-17(23)11-6-12(19)8-13(20)7-11/h3-8,10H,1-2H3,(H,21,22)/t10-/m0/s1. The summed E-state index contributed by atoms with van der Waals surface area (Å²) in [7, 11) is 0. The SMILES string of the molecule is Cc1c(Cl)cccc1NC(=O)[C@H](C)OC(=O)c1cc(F)cc(F)c1. The summed E-state index contributed by atoms with van der Waals surface area (Å²) in [5, 5.41) is 3.06. The molecule has 0 heterocycles. The van der Waals surface area contributed by atoms with Gasteiger partial charge in [-0.1, -0.05) is 17.7 Å². The Morgan fingerprint density at radius 3 is 2.42 bits per heavy atom. The minimum atomic E-state index is -1.16. The van der Waals surface area contributed by atoms with E-state index in [1.165, 1.54) is 6.92 Å². The highest BCUT2D eigenvalue weighted by Gasteiger charge is 2.20. The monoisotopic (exact) mass is 353 g/mol. The van der Waals surface area contributed by atoms with Gasteiger partial charge in [0.2, 0.25) is 0 Å². The molecule has 0 aromatic heterocycles. The lowest BCUT2D eigenvalue weighted by Crippen LogP contribution is -2.30. The van der Waals surface area contributed by atoms with Gasteiger partial charge in [-0.2, -0.15) is 0 Å². The first kappa shape index (κ1) is 17.9. The molecule has 0 bridgehead atoms. The van der Waals surface area contributed by atoms with Gasteiger partial charge in [-0.25, -0.2) is 13.6 Å². The van der Waals surface area contributed by atoms with Crippen LogP contribution in [-0.4, -0.2) is 18.0 Å². The van der Waals surface area contributed by atoms with Gasteiger partial charge >= 0.3 is 5.97 Å². The van der Waals surface area contributed by atoms with Crippen LogP contribution in [0.4, 0.5) is 14.5 Å². The smallest absolute Gasteiger partial charge is 0.339 e. The molecule has 24 heavy (non-hydrogen) atoms. The first-order valence-electron chi connectivity index (χ1n) is 7.01.